The first-order valence-corrected chi connectivity index (χ1v) is 7.47. The molecule has 0 aliphatic carbocycles. The fourth-order valence-corrected chi connectivity index (χ4v) is 2.71. The van der Waals surface area contributed by atoms with E-state index in [2.05, 4.69) is 10.2 Å². The molecular weight excluding hydrogens is 311 g/mol. The standard InChI is InChI=1S/C17H17FN4O2/c1-24-16-4-2-3-14(18)12(16)7-5-11-6-8-13(15(19)9-23)17-21-20-10-22(11)17/h2-4,6,8,10,19,23H,5,7,9H2,1H3. The van der Waals surface area contributed by atoms with Gasteiger partial charge in [-0.2, -0.15) is 0 Å². The zero-order valence-corrected chi connectivity index (χ0v) is 13.2. The Labute approximate surface area is 138 Å². The lowest BCUT2D eigenvalue weighted by molar-refractivity contribution is 0.357. The highest BCUT2D eigenvalue weighted by Crippen LogP contribution is 2.23. The van der Waals surface area contributed by atoms with Crippen LogP contribution in [0.2, 0.25) is 0 Å². The van der Waals surface area contributed by atoms with E-state index < -0.39 is 0 Å². The van der Waals surface area contributed by atoms with Gasteiger partial charge in [0.05, 0.1) is 19.4 Å². The van der Waals surface area contributed by atoms with Crippen molar-refractivity contribution in [1.29, 1.82) is 5.41 Å². The van der Waals surface area contributed by atoms with E-state index in [0.717, 1.165) is 5.69 Å². The lowest BCUT2D eigenvalue weighted by Crippen LogP contribution is -2.09. The van der Waals surface area contributed by atoms with E-state index >= 15 is 0 Å². The predicted octanol–water partition coefficient (Wildman–Crippen LogP) is 2.02. The van der Waals surface area contributed by atoms with Gasteiger partial charge in [-0.25, -0.2) is 4.39 Å². The fraction of sp³-hybridized carbons (Fsp3) is 0.235. The van der Waals surface area contributed by atoms with Crippen LogP contribution in [0.5, 0.6) is 5.75 Å². The first-order valence-electron chi connectivity index (χ1n) is 7.47. The zero-order valence-electron chi connectivity index (χ0n) is 13.2. The number of fused-ring (bicyclic) bond motifs is 1. The number of hydrogen-bond donors (Lipinski definition) is 2. The van der Waals surface area contributed by atoms with Crippen LogP contribution in [0.3, 0.4) is 0 Å². The van der Waals surface area contributed by atoms with E-state index in [1.807, 2.05) is 6.07 Å². The third kappa shape index (κ3) is 2.85. The molecule has 3 aromatic rings. The van der Waals surface area contributed by atoms with Crippen LogP contribution < -0.4 is 4.74 Å². The van der Waals surface area contributed by atoms with Crippen molar-refractivity contribution < 1.29 is 14.2 Å². The number of methoxy groups -OCH3 is 1. The Kier molecular flexibility index (Phi) is 4.52. The van der Waals surface area contributed by atoms with Crippen LogP contribution in [-0.4, -0.2) is 39.1 Å². The minimum atomic E-state index is -0.367. The van der Waals surface area contributed by atoms with Crippen LogP contribution in [0.15, 0.2) is 36.7 Å². The fourth-order valence-electron chi connectivity index (χ4n) is 2.71. The van der Waals surface area contributed by atoms with Crippen molar-refractivity contribution in [2.45, 2.75) is 12.8 Å². The smallest absolute Gasteiger partial charge is 0.170 e. The second-order valence-corrected chi connectivity index (χ2v) is 5.32. The van der Waals surface area contributed by atoms with Gasteiger partial charge in [-0.15, -0.1) is 10.2 Å². The van der Waals surface area contributed by atoms with Crippen molar-refractivity contribution >= 4 is 11.4 Å². The molecular formula is C17H17FN4O2. The summed E-state index contributed by atoms with van der Waals surface area (Å²) < 4.78 is 21.0. The molecule has 124 valence electrons. The third-order valence-electron chi connectivity index (χ3n) is 3.95. The molecule has 0 spiro atoms. The molecule has 2 aromatic heterocycles. The number of hydrogen-bond acceptors (Lipinski definition) is 5. The molecule has 24 heavy (non-hydrogen) atoms. The molecule has 2 heterocycles. The molecule has 6 nitrogen and oxygen atoms in total. The van der Waals surface area contributed by atoms with Gasteiger partial charge in [0.25, 0.3) is 0 Å². The van der Waals surface area contributed by atoms with Gasteiger partial charge in [0.15, 0.2) is 5.65 Å². The second-order valence-electron chi connectivity index (χ2n) is 5.32. The number of pyridine rings is 1. The maximum absolute atomic E-state index is 14.0. The third-order valence-corrected chi connectivity index (χ3v) is 3.95. The molecule has 1 aromatic carbocycles. The first kappa shape index (κ1) is 16.1. The van der Waals surface area contributed by atoms with E-state index in [9.17, 15) is 4.39 Å². The summed E-state index contributed by atoms with van der Waals surface area (Å²) in [5.41, 5.74) is 2.52. The molecule has 0 amide bonds. The molecule has 0 saturated heterocycles. The van der Waals surface area contributed by atoms with Crippen molar-refractivity contribution in [2.24, 2.45) is 0 Å². The molecule has 0 aliphatic heterocycles. The maximum Gasteiger partial charge on any atom is 0.170 e. The van der Waals surface area contributed by atoms with E-state index in [1.54, 1.807) is 28.9 Å². The minimum absolute atomic E-state index is 0.0790. The highest BCUT2D eigenvalue weighted by atomic mass is 19.1. The number of nitrogens with zero attached hydrogens (tertiary/aromatic N) is 3. The van der Waals surface area contributed by atoms with Gasteiger partial charge in [-0.3, -0.25) is 4.40 Å². The molecule has 0 aliphatic rings. The summed E-state index contributed by atoms with van der Waals surface area (Å²) in [4.78, 5) is 0. The monoisotopic (exact) mass is 328 g/mol. The Hall–Kier alpha value is -2.80. The summed E-state index contributed by atoms with van der Waals surface area (Å²) in [6.45, 7) is -0.367. The Morgan fingerprint density at radius 3 is 2.88 bits per heavy atom. The summed E-state index contributed by atoms with van der Waals surface area (Å²) >= 11 is 0. The summed E-state index contributed by atoms with van der Waals surface area (Å²) in [7, 11) is 1.52. The van der Waals surface area contributed by atoms with Crippen molar-refractivity contribution in [1.82, 2.24) is 14.6 Å². The van der Waals surface area contributed by atoms with Gasteiger partial charge in [0, 0.05) is 16.8 Å². The predicted molar refractivity (Wildman–Crippen MR) is 87.3 cm³/mol. The highest BCUT2D eigenvalue weighted by Gasteiger charge is 2.13. The summed E-state index contributed by atoms with van der Waals surface area (Å²) in [6.07, 6.45) is 2.57. The molecule has 0 unspecified atom stereocenters. The number of aliphatic hydroxyl groups excluding tert-OH is 1. The minimum Gasteiger partial charge on any atom is -0.496 e. The molecule has 0 saturated carbocycles. The van der Waals surface area contributed by atoms with E-state index in [0.29, 0.717) is 35.4 Å². The van der Waals surface area contributed by atoms with Crippen LogP contribution in [0.25, 0.3) is 5.65 Å². The van der Waals surface area contributed by atoms with Crippen LogP contribution in [-0.2, 0) is 12.8 Å². The molecule has 0 radical (unpaired) electrons. The Bertz CT molecular complexity index is 891. The van der Waals surface area contributed by atoms with Gasteiger partial charge < -0.3 is 15.3 Å². The molecule has 7 heteroatoms. The zero-order chi connectivity index (χ0) is 17.1. The summed E-state index contributed by atoms with van der Waals surface area (Å²) in [5.74, 6) is 0.224. The lowest BCUT2D eigenvalue weighted by Gasteiger charge is -2.11. The van der Waals surface area contributed by atoms with Crippen molar-refractivity contribution in [2.75, 3.05) is 13.7 Å². The number of rotatable bonds is 6. The average Bonchev–Trinajstić information content (AvgIpc) is 3.09. The number of aliphatic hydroxyl groups is 1. The lowest BCUT2D eigenvalue weighted by atomic mass is 10.0. The van der Waals surface area contributed by atoms with Gasteiger partial charge in [0.2, 0.25) is 0 Å². The number of benzene rings is 1. The highest BCUT2D eigenvalue weighted by molar-refractivity contribution is 6.03. The first-order chi connectivity index (χ1) is 11.7. The maximum atomic E-state index is 14.0. The van der Waals surface area contributed by atoms with E-state index in [-0.39, 0.29) is 18.1 Å². The SMILES string of the molecule is COc1cccc(F)c1CCc1ccc(C(=N)CO)c2nncn12. The number of halogens is 1. The van der Waals surface area contributed by atoms with Gasteiger partial charge in [0.1, 0.15) is 17.9 Å². The molecule has 3 rings (SSSR count). The molecule has 0 atom stereocenters. The van der Waals surface area contributed by atoms with Crippen LogP contribution >= 0.6 is 0 Å². The van der Waals surface area contributed by atoms with Gasteiger partial charge in [-0.1, -0.05) is 6.07 Å². The number of aryl methyl sites for hydroxylation is 1. The Balaban J connectivity index is 1.92. The average molecular weight is 328 g/mol. The van der Waals surface area contributed by atoms with Crippen LogP contribution in [0.1, 0.15) is 16.8 Å². The molecule has 0 fully saturated rings. The van der Waals surface area contributed by atoms with E-state index in [4.69, 9.17) is 15.3 Å². The number of nitrogens with one attached hydrogen (secondary N) is 1. The molecule has 0 bridgehead atoms. The summed E-state index contributed by atoms with van der Waals surface area (Å²) in [5, 5.41) is 24.8. The number of aromatic nitrogens is 3. The Morgan fingerprint density at radius 2 is 2.12 bits per heavy atom. The van der Waals surface area contributed by atoms with Crippen molar-refractivity contribution in [3.05, 3.63) is 59.3 Å². The topological polar surface area (TPSA) is 83.5 Å². The van der Waals surface area contributed by atoms with Gasteiger partial charge in [-0.05, 0) is 37.1 Å². The largest absolute Gasteiger partial charge is 0.496 e. The quantitative estimate of drug-likeness (QED) is 0.678. The summed E-state index contributed by atoms with van der Waals surface area (Å²) in [6, 6.07) is 8.33. The van der Waals surface area contributed by atoms with Crippen LogP contribution in [0.4, 0.5) is 4.39 Å². The van der Waals surface area contributed by atoms with Crippen LogP contribution in [0, 0.1) is 11.2 Å². The normalized spacial score (nSPS) is 11.0. The Morgan fingerprint density at radius 1 is 1.29 bits per heavy atom. The van der Waals surface area contributed by atoms with Crippen molar-refractivity contribution in [3.63, 3.8) is 0 Å². The number of ether oxygens (including phenoxy) is 1. The second kappa shape index (κ2) is 6.76. The van der Waals surface area contributed by atoms with Crippen molar-refractivity contribution in [3.8, 4) is 5.75 Å². The van der Waals surface area contributed by atoms with Gasteiger partial charge >= 0.3 is 0 Å². The van der Waals surface area contributed by atoms with E-state index in [1.165, 1.54) is 13.2 Å². The molecule has 2 N–H and O–H groups in total.